The number of amides is 2. The Kier molecular flexibility index (Phi) is 4.49. The van der Waals surface area contributed by atoms with E-state index < -0.39 is 5.91 Å². The smallest absolute Gasteiger partial charge is 0.267 e. The molecule has 1 aromatic heterocycles. The van der Waals surface area contributed by atoms with E-state index in [0.29, 0.717) is 17.2 Å². The van der Waals surface area contributed by atoms with Gasteiger partial charge in [0, 0.05) is 36.3 Å². The van der Waals surface area contributed by atoms with Crippen molar-refractivity contribution >= 4 is 23.5 Å². The molecule has 2 aromatic rings. The van der Waals surface area contributed by atoms with Gasteiger partial charge in [0.2, 0.25) is 11.9 Å². The fourth-order valence-corrected chi connectivity index (χ4v) is 4.24. The zero-order valence-electron chi connectivity index (χ0n) is 15.7. The largest absolute Gasteiger partial charge is 0.364 e. The van der Waals surface area contributed by atoms with Gasteiger partial charge in [0.1, 0.15) is 11.5 Å². The molecule has 4 rings (SSSR count). The molecule has 0 spiro atoms. The number of hydrogen-bond acceptors (Lipinski definition) is 5. The molecule has 2 amide bonds. The second kappa shape index (κ2) is 6.85. The molecule has 2 heterocycles. The number of nitrogens with two attached hydrogens (primary N) is 1. The van der Waals surface area contributed by atoms with E-state index in [9.17, 15) is 14.0 Å². The standard InChI is InChI=1S/C20H22FN5O2/c1-10-17(25-20-23-8-7-15(24-20)19(22)28)14-9-13(21)5-6-16(14)26(11(2)27)18(10)12-3-4-12/h5-10,12,17-18H,3-4H2,1-2H3,(H2,22,28)(H,23,24,25)/t10-,17-,18-/m1/s1. The quantitative estimate of drug-likeness (QED) is 0.845. The van der Waals surface area contributed by atoms with Gasteiger partial charge < -0.3 is 16.0 Å². The van der Waals surface area contributed by atoms with Gasteiger partial charge >= 0.3 is 0 Å². The Balaban J connectivity index is 1.78. The third kappa shape index (κ3) is 3.19. The van der Waals surface area contributed by atoms with Crippen molar-refractivity contribution in [2.75, 3.05) is 10.2 Å². The van der Waals surface area contributed by atoms with E-state index in [-0.39, 0.29) is 41.4 Å². The molecule has 3 N–H and O–H groups in total. The van der Waals surface area contributed by atoms with Gasteiger partial charge in [-0.1, -0.05) is 6.92 Å². The van der Waals surface area contributed by atoms with Gasteiger partial charge in [-0.15, -0.1) is 0 Å². The molecule has 1 saturated carbocycles. The van der Waals surface area contributed by atoms with Crippen LogP contribution in [0, 0.1) is 17.7 Å². The van der Waals surface area contributed by atoms with Gasteiger partial charge in [0.05, 0.1) is 6.04 Å². The van der Waals surface area contributed by atoms with Crippen LogP contribution < -0.4 is 16.0 Å². The highest BCUT2D eigenvalue weighted by Gasteiger charge is 2.47. The number of hydrogen-bond donors (Lipinski definition) is 2. The summed E-state index contributed by atoms with van der Waals surface area (Å²) in [6.45, 7) is 3.59. The summed E-state index contributed by atoms with van der Waals surface area (Å²) in [5, 5.41) is 3.25. The molecule has 0 saturated heterocycles. The SMILES string of the molecule is CC(=O)N1c2ccc(F)cc2[C@H](Nc2nccc(C(N)=O)n2)[C@@H](C)[C@@H]1C1CC1. The number of anilines is 2. The van der Waals surface area contributed by atoms with Crippen molar-refractivity contribution in [1.82, 2.24) is 9.97 Å². The summed E-state index contributed by atoms with van der Waals surface area (Å²) in [7, 11) is 0. The number of nitrogens with zero attached hydrogens (tertiary/aromatic N) is 3. The topological polar surface area (TPSA) is 101 Å². The Bertz CT molecular complexity index is 946. The molecule has 0 unspecified atom stereocenters. The van der Waals surface area contributed by atoms with Crippen LogP contribution in [-0.2, 0) is 4.79 Å². The fourth-order valence-electron chi connectivity index (χ4n) is 4.24. The molecule has 146 valence electrons. The van der Waals surface area contributed by atoms with Crippen LogP contribution in [-0.4, -0.2) is 27.8 Å². The first-order chi connectivity index (χ1) is 13.4. The fraction of sp³-hybridized carbons (Fsp3) is 0.400. The molecule has 3 atom stereocenters. The lowest BCUT2D eigenvalue weighted by atomic mass is 9.80. The molecule has 28 heavy (non-hydrogen) atoms. The van der Waals surface area contributed by atoms with E-state index in [2.05, 4.69) is 15.3 Å². The molecular weight excluding hydrogens is 361 g/mol. The predicted molar refractivity (Wildman–Crippen MR) is 102 cm³/mol. The molecule has 8 heteroatoms. The lowest BCUT2D eigenvalue weighted by Gasteiger charge is -2.45. The zero-order valence-corrected chi connectivity index (χ0v) is 15.7. The molecule has 1 aliphatic heterocycles. The maximum absolute atomic E-state index is 14.1. The van der Waals surface area contributed by atoms with E-state index in [1.54, 1.807) is 17.9 Å². The first kappa shape index (κ1) is 18.3. The maximum atomic E-state index is 14.1. The first-order valence-corrected chi connectivity index (χ1v) is 9.35. The van der Waals surface area contributed by atoms with E-state index >= 15 is 0 Å². The summed E-state index contributed by atoms with van der Waals surface area (Å²) in [5.74, 6) is -0.424. The average molecular weight is 383 g/mol. The Labute approximate surface area is 162 Å². The highest BCUT2D eigenvalue weighted by atomic mass is 19.1. The van der Waals surface area contributed by atoms with Crippen LogP contribution in [0.4, 0.5) is 16.0 Å². The van der Waals surface area contributed by atoms with Crippen molar-refractivity contribution < 1.29 is 14.0 Å². The molecule has 7 nitrogen and oxygen atoms in total. The minimum absolute atomic E-state index is 0.00674. The molecule has 1 fully saturated rings. The Morgan fingerprint density at radius 2 is 2.04 bits per heavy atom. The Morgan fingerprint density at radius 3 is 2.68 bits per heavy atom. The number of halogens is 1. The van der Waals surface area contributed by atoms with Gasteiger partial charge in [-0.25, -0.2) is 14.4 Å². The van der Waals surface area contributed by atoms with Crippen LogP contribution in [0.2, 0.25) is 0 Å². The zero-order chi connectivity index (χ0) is 20.0. The van der Waals surface area contributed by atoms with Gasteiger partial charge in [0.25, 0.3) is 5.91 Å². The minimum atomic E-state index is -0.646. The molecule has 0 radical (unpaired) electrons. The van der Waals surface area contributed by atoms with Crippen LogP contribution in [0.15, 0.2) is 30.5 Å². The third-order valence-corrected chi connectivity index (χ3v) is 5.58. The monoisotopic (exact) mass is 383 g/mol. The normalized spacial score (nSPS) is 23.8. The molecule has 1 aliphatic carbocycles. The van der Waals surface area contributed by atoms with Crippen LogP contribution in [0.25, 0.3) is 0 Å². The summed E-state index contributed by atoms with van der Waals surface area (Å²) in [6, 6.07) is 5.61. The minimum Gasteiger partial charge on any atom is -0.364 e. The number of primary amides is 1. The van der Waals surface area contributed by atoms with Crippen molar-refractivity contribution in [2.45, 2.75) is 38.8 Å². The van der Waals surface area contributed by atoms with E-state index in [0.717, 1.165) is 12.8 Å². The number of carbonyl (C=O) groups is 2. The van der Waals surface area contributed by atoms with Crippen LogP contribution in [0.5, 0.6) is 0 Å². The Morgan fingerprint density at radius 1 is 1.29 bits per heavy atom. The number of nitrogens with one attached hydrogen (secondary N) is 1. The van der Waals surface area contributed by atoms with Crippen molar-refractivity contribution in [1.29, 1.82) is 0 Å². The summed E-state index contributed by atoms with van der Waals surface area (Å²) < 4.78 is 14.1. The van der Waals surface area contributed by atoms with Crippen molar-refractivity contribution in [3.63, 3.8) is 0 Å². The number of benzene rings is 1. The first-order valence-electron chi connectivity index (χ1n) is 9.35. The van der Waals surface area contributed by atoms with Gasteiger partial charge in [0.15, 0.2) is 0 Å². The molecule has 2 aliphatic rings. The van der Waals surface area contributed by atoms with E-state index in [4.69, 9.17) is 5.73 Å². The van der Waals surface area contributed by atoms with Crippen LogP contribution in [0.1, 0.15) is 48.8 Å². The highest BCUT2D eigenvalue weighted by molar-refractivity contribution is 5.94. The van der Waals surface area contributed by atoms with Crippen LogP contribution >= 0.6 is 0 Å². The average Bonchev–Trinajstić information content (AvgIpc) is 3.48. The van der Waals surface area contributed by atoms with Gasteiger partial charge in [-0.2, -0.15) is 0 Å². The number of rotatable bonds is 4. The van der Waals surface area contributed by atoms with Gasteiger partial charge in [-0.3, -0.25) is 9.59 Å². The molecule has 0 bridgehead atoms. The van der Waals surface area contributed by atoms with E-state index in [1.165, 1.54) is 24.4 Å². The van der Waals surface area contributed by atoms with Crippen molar-refractivity contribution in [3.8, 4) is 0 Å². The van der Waals surface area contributed by atoms with Crippen molar-refractivity contribution in [3.05, 3.63) is 47.5 Å². The summed E-state index contributed by atoms with van der Waals surface area (Å²) in [6.07, 6.45) is 3.58. The number of carbonyl (C=O) groups excluding carboxylic acids is 2. The second-order valence-corrected chi connectivity index (χ2v) is 7.53. The maximum Gasteiger partial charge on any atom is 0.267 e. The summed E-state index contributed by atoms with van der Waals surface area (Å²) >= 11 is 0. The molecular formula is C20H22FN5O2. The van der Waals surface area contributed by atoms with Crippen molar-refractivity contribution in [2.24, 2.45) is 17.6 Å². The number of aromatic nitrogens is 2. The molecule has 1 aromatic carbocycles. The van der Waals surface area contributed by atoms with E-state index in [1.807, 2.05) is 6.92 Å². The lowest BCUT2D eigenvalue weighted by Crippen LogP contribution is -2.51. The second-order valence-electron chi connectivity index (χ2n) is 7.53. The highest BCUT2D eigenvalue weighted by Crippen LogP contribution is 2.49. The third-order valence-electron chi connectivity index (χ3n) is 5.58. The summed E-state index contributed by atoms with van der Waals surface area (Å²) in [5.41, 5.74) is 6.79. The summed E-state index contributed by atoms with van der Waals surface area (Å²) in [4.78, 5) is 34.0. The lowest BCUT2D eigenvalue weighted by molar-refractivity contribution is -0.117. The number of fused-ring (bicyclic) bond motifs is 1. The van der Waals surface area contributed by atoms with Crippen LogP contribution in [0.3, 0.4) is 0 Å². The predicted octanol–water partition coefficient (Wildman–Crippen LogP) is 2.65. The Hall–Kier alpha value is -3.03. The van der Waals surface area contributed by atoms with Gasteiger partial charge in [-0.05, 0) is 43.0 Å².